The van der Waals surface area contributed by atoms with Gasteiger partial charge in [0.15, 0.2) is 12.6 Å². The number of carbonyl (C=O) groups excluding carboxylic acids is 1. The molecule has 3 aromatic rings. The van der Waals surface area contributed by atoms with Gasteiger partial charge in [-0.05, 0) is 19.1 Å². The minimum Gasteiger partial charge on any atom is -0.466 e. The van der Waals surface area contributed by atoms with Gasteiger partial charge in [-0.1, -0.05) is 66.7 Å². The highest BCUT2D eigenvalue weighted by Crippen LogP contribution is 2.41. The largest absolute Gasteiger partial charge is 0.466 e. The highest BCUT2D eigenvalue weighted by Gasteiger charge is 2.48. The molecule has 1 N–H and O–H groups in total. The second-order valence-electron chi connectivity index (χ2n) is 8.67. The standard InChI is InChI=1S/C28H29NO7/c1-2-32-23(30)16-20-14-9-15-21(29-20)24(31)26-25-22(34-28(36-26)19-12-7-4-8-13-19)17-33-27(35-25)18-10-5-3-6-11-18/h3-15,22,24-28,31H,2,16-17H2,1H3/t22-,24-,25-,26+,27?,28?/m1/s1. The lowest BCUT2D eigenvalue weighted by atomic mass is 9.97. The van der Waals surface area contributed by atoms with Crippen LogP contribution in [0.3, 0.4) is 0 Å². The average molecular weight is 492 g/mol. The molecule has 0 bridgehead atoms. The average Bonchev–Trinajstić information content (AvgIpc) is 2.93. The zero-order valence-electron chi connectivity index (χ0n) is 19.9. The zero-order valence-corrected chi connectivity index (χ0v) is 19.9. The molecular formula is C28H29NO7. The predicted octanol–water partition coefficient (Wildman–Crippen LogP) is 3.82. The highest BCUT2D eigenvalue weighted by molar-refractivity contribution is 5.71. The summed E-state index contributed by atoms with van der Waals surface area (Å²) in [5, 5.41) is 11.5. The van der Waals surface area contributed by atoms with Crippen molar-refractivity contribution in [3.63, 3.8) is 0 Å². The Hall–Kier alpha value is -3.14. The maximum atomic E-state index is 12.0. The third-order valence-corrected chi connectivity index (χ3v) is 6.18. The van der Waals surface area contributed by atoms with E-state index in [0.29, 0.717) is 18.0 Å². The van der Waals surface area contributed by atoms with Crippen LogP contribution in [0.1, 0.15) is 48.1 Å². The molecule has 0 aliphatic carbocycles. The number of ether oxygens (including phenoxy) is 5. The van der Waals surface area contributed by atoms with Crippen LogP contribution in [0.25, 0.3) is 0 Å². The Labute approximate surface area is 209 Å². The van der Waals surface area contributed by atoms with Crippen LogP contribution in [0.15, 0.2) is 78.9 Å². The Morgan fingerprint density at radius 3 is 2.33 bits per heavy atom. The third-order valence-electron chi connectivity index (χ3n) is 6.18. The summed E-state index contributed by atoms with van der Waals surface area (Å²) in [6.45, 7) is 2.32. The van der Waals surface area contributed by atoms with E-state index in [2.05, 4.69) is 4.98 Å². The molecule has 0 saturated carbocycles. The van der Waals surface area contributed by atoms with E-state index in [0.717, 1.165) is 11.1 Å². The highest BCUT2D eigenvalue weighted by atomic mass is 16.8. The van der Waals surface area contributed by atoms with Gasteiger partial charge in [-0.2, -0.15) is 0 Å². The molecule has 2 aliphatic heterocycles. The van der Waals surface area contributed by atoms with E-state index in [1.54, 1.807) is 25.1 Å². The van der Waals surface area contributed by atoms with Crippen molar-refractivity contribution < 1.29 is 33.6 Å². The molecule has 8 heteroatoms. The number of aliphatic hydroxyl groups is 1. The molecule has 0 radical (unpaired) electrons. The molecule has 2 fully saturated rings. The smallest absolute Gasteiger partial charge is 0.311 e. The summed E-state index contributed by atoms with van der Waals surface area (Å²) in [6.07, 6.45) is -4.33. The van der Waals surface area contributed by atoms with Gasteiger partial charge in [-0.15, -0.1) is 0 Å². The molecule has 2 saturated heterocycles. The van der Waals surface area contributed by atoms with E-state index in [1.807, 2.05) is 60.7 Å². The lowest BCUT2D eigenvalue weighted by Gasteiger charge is -2.47. The Balaban J connectivity index is 1.42. The quantitative estimate of drug-likeness (QED) is 0.499. The van der Waals surface area contributed by atoms with Crippen LogP contribution in [0.2, 0.25) is 0 Å². The van der Waals surface area contributed by atoms with Crippen molar-refractivity contribution in [1.29, 1.82) is 0 Å². The first-order valence-corrected chi connectivity index (χ1v) is 12.1. The number of benzene rings is 2. The van der Waals surface area contributed by atoms with Crippen molar-refractivity contribution in [3.8, 4) is 0 Å². The summed E-state index contributed by atoms with van der Waals surface area (Å²) in [5.41, 5.74) is 2.56. The van der Waals surface area contributed by atoms with Gasteiger partial charge in [0, 0.05) is 11.1 Å². The van der Waals surface area contributed by atoms with E-state index < -0.39 is 37.0 Å². The van der Waals surface area contributed by atoms with Crippen molar-refractivity contribution in [3.05, 3.63) is 101 Å². The fourth-order valence-electron chi connectivity index (χ4n) is 4.46. The minimum absolute atomic E-state index is 0.0160. The van der Waals surface area contributed by atoms with Gasteiger partial charge in [0.25, 0.3) is 0 Å². The van der Waals surface area contributed by atoms with Crippen LogP contribution in [0.5, 0.6) is 0 Å². The summed E-state index contributed by atoms with van der Waals surface area (Å²) in [4.78, 5) is 16.5. The van der Waals surface area contributed by atoms with Crippen LogP contribution in [-0.2, 0) is 34.9 Å². The Morgan fingerprint density at radius 2 is 1.64 bits per heavy atom. The Morgan fingerprint density at radius 1 is 0.944 bits per heavy atom. The van der Waals surface area contributed by atoms with Crippen molar-refractivity contribution >= 4 is 5.97 Å². The molecular weight excluding hydrogens is 462 g/mol. The lowest BCUT2D eigenvalue weighted by molar-refractivity contribution is -0.373. The van der Waals surface area contributed by atoms with Gasteiger partial charge in [-0.25, -0.2) is 0 Å². The van der Waals surface area contributed by atoms with Gasteiger partial charge < -0.3 is 28.8 Å². The number of fused-ring (bicyclic) bond motifs is 1. The van der Waals surface area contributed by atoms with Crippen LogP contribution >= 0.6 is 0 Å². The monoisotopic (exact) mass is 491 g/mol. The number of esters is 1. The van der Waals surface area contributed by atoms with E-state index >= 15 is 0 Å². The normalized spacial score (nSPS) is 26.6. The number of pyridine rings is 1. The zero-order chi connectivity index (χ0) is 24.9. The molecule has 2 unspecified atom stereocenters. The number of nitrogens with zero attached hydrogens (tertiary/aromatic N) is 1. The molecule has 2 aliphatic rings. The fourth-order valence-corrected chi connectivity index (χ4v) is 4.46. The molecule has 5 rings (SSSR count). The number of hydrogen-bond acceptors (Lipinski definition) is 8. The molecule has 0 spiro atoms. The van der Waals surface area contributed by atoms with Gasteiger partial charge in [0.1, 0.15) is 24.4 Å². The first kappa shape index (κ1) is 24.5. The molecule has 2 aromatic carbocycles. The summed E-state index contributed by atoms with van der Waals surface area (Å²) in [6, 6.07) is 24.3. The maximum absolute atomic E-state index is 12.0. The van der Waals surface area contributed by atoms with Crippen molar-refractivity contribution in [2.24, 2.45) is 0 Å². The molecule has 36 heavy (non-hydrogen) atoms. The topological polar surface area (TPSA) is 96.3 Å². The summed E-state index contributed by atoms with van der Waals surface area (Å²) >= 11 is 0. The summed E-state index contributed by atoms with van der Waals surface area (Å²) < 4.78 is 29.9. The number of rotatable bonds is 7. The summed E-state index contributed by atoms with van der Waals surface area (Å²) in [7, 11) is 0. The first-order valence-electron chi connectivity index (χ1n) is 12.1. The van der Waals surface area contributed by atoms with E-state index in [-0.39, 0.29) is 19.0 Å². The molecule has 1 aromatic heterocycles. The van der Waals surface area contributed by atoms with E-state index in [9.17, 15) is 9.90 Å². The number of aromatic nitrogens is 1. The second-order valence-corrected chi connectivity index (χ2v) is 8.67. The van der Waals surface area contributed by atoms with E-state index in [1.165, 1.54) is 0 Å². The van der Waals surface area contributed by atoms with Crippen LogP contribution in [0.4, 0.5) is 0 Å². The lowest BCUT2D eigenvalue weighted by Crippen LogP contribution is -2.56. The Kier molecular flexibility index (Phi) is 7.69. The van der Waals surface area contributed by atoms with Crippen LogP contribution < -0.4 is 0 Å². The molecule has 0 amide bonds. The van der Waals surface area contributed by atoms with Crippen LogP contribution in [0, 0.1) is 0 Å². The number of carbonyl (C=O) groups is 1. The third kappa shape index (κ3) is 5.48. The first-order chi connectivity index (χ1) is 17.6. The molecule has 3 heterocycles. The van der Waals surface area contributed by atoms with Crippen LogP contribution in [-0.4, -0.2) is 47.6 Å². The predicted molar refractivity (Wildman–Crippen MR) is 128 cm³/mol. The minimum atomic E-state index is -1.13. The SMILES string of the molecule is CCOC(=O)Cc1cccc([C@@H](O)[C@@H]2OC(c3ccccc3)O[C@@H]3COC(c4ccccc4)O[C@@H]23)n1. The maximum Gasteiger partial charge on any atom is 0.311 e. The van der Waals surface area contributed by atoms with Gasteiger partial charge in [-0.3, -0.25) is 9.78 Å². The van der Waals surface area contributed by atoms with Crippen molar-refractivity contribution in [1.82, 2.24) is 4.98 Å². The number of aliphatic hydroxyl groups excluding tert-OH is 1. The molecule has 8 nitrogen and oxygen atoms in total. The number of hydrogen-bond donors (Lipinski definition) is 1. The Bertz CT molecular complexity index is 1140. The fraction of sp³-hybridized carbons (Fsp3) is 0.357. The second kappa shape index (κ2) is 11.3. The van der Waals surface area contributed by atoms with Crippen molar-refractivity contribution in [2.45, 2.75) is 50.3 Å². The van der Waals surface area contributed by atoms with Gasteiger partial charge >= 0.3 is 5.97 Å². The van der Waals surface area contributed by atoms with Gasteiger partial charge in [0.05, 0.1) is 31.0 Å². The molecule has 188 valence electrons. The molecule has 6 atom stereocenters. The van der Waals surface area contributed by atoms with Gasteiger partial charge in [0.2, 0.25) is 0 Å². The summed E-state index contributed by atoms with van der Waals surface area (Å²) in [5.74, 6) is -0.373. The van der Waals surface area contributed by atoms with Crippen molar-refractivity contribution in [2.75, 3.05) is 13.2 Å². The van der Waals surface area contributed by atoms with E-state index in [4.69, 9.17) is 23.7 Å².